The van der Waals surface area contributed by atoms with Crippen LogP contribution < -0.4 is 14.8 Å². The van der Waals surface area contributed by atoms with Gasteiger partial charge in [-0.1, -0.05) is 6.07 Å². The summed E-state index contributed by atoms with van der Waals surface area (Å²) in [5, 5.41) is 29.3. The molecule has 4 heterocycles. The van der Waals surface area contributed by atoms with Gasteiger partial charge in [-0.3, -0.25) is 9.58 Å². The van der Waals surface area contributed by atoms with Gasteiger partial charge in [0.15, 0.2) is 0 Å². The Morgan fingerprint density at radius 2 is 1.31 bits per heavy atom. The van der Waals surface area contributed by atoms with Gasteiger partial charge in [0.05, 0.1) is 136 Å². The van der Waals surface area contributed by atoms with E-state index in [1.807, 2.05) is 29.9 Å². The number of hydrogen-bond acceptors (Lipinski definition) is 20. The van der Waals surface area contributed by atoms with Crippen LogP contribution >= 0.6 is 0 Å². The van der Waals surface area contributed by atoms with Crippen molar-refractivity contribution < 1.29 is 52.1 Å². The van der Waals surface area contributed by atoms with Crippen LogP contribution in [0.2, 0.25) is 0 Å². The molecule has 3 atom stereocenters. The molecule has 1 N–H and O–H groups in total. The van der Waals surface area contributed by atoms with E-state index in [-0.39, 0.29) is 24.4 Å². The minimum atomic E-state index is -0.293. The Hall–Kier alpha value is -4.93. The number of ether oxygens (including phenoxy) is 11. The number of nitrogens with one attached hydrogen (secondary N) is 1. The summed E-state index contributed by atoms with van der Waals surface area (Å²) in [6.07, 6.45) is 12.1. The Kier molecular flexibility index (Phi) is 24.4. The van der Waals surface area contributed by atoms with Gasteiger partial charge in [-0.2, -0.15) is 5.26 Å². The maximum absolute atomic E-state index is 9.77. The van der Waals surface area contributed by atoms with E-state index >= 15 is 0 Å². The maximum atomic E-state index is 9.77. The number of tetrazole rings is 1. The van der Waals surface area contributed by atoms with Gasteiger partial charge in [-0.25, -0.2) is 14.6 Å². The van der Waals surface area contributed by atoms with Crippen LogP contribution in [-0.2, 0) is 49.2 Å². The van der Waals surface area contributed by atoms with E-state index < -0.39 is 0 Å². The highest BCUT2D eigenvalue weighted by atomic mass is 16.6. The first-order valence-corrected chi connectivity index (χ1v) is 24.5. The maximum Gasteiger partial charge on any atom is 0.256 e. The minimum absolute atomic E-state index is 0.240. The smallest absolute Gasteiger partial charge is 0.256 e. The Balaban J connectivity index is 0.899. The molecule has 2 aliphatic rings. The molecule has 1 aromatic carbocycles. The largest absolute Gasteiger partial charge is 0.487 e. The topological polar surface area (TPSA) is 228 Å². The Bertz CT molecular complexity index is 2040. The number of benzene rings is 1. The molecule has 0 amide bonds. The van der Waals surface area contributed by atoms with E-state index in [1.54, 1.807) is 30.3 Å². The average molecular weight is 980 g/mol. The summed E-state index contributed by atoms with van der Waals surface area (Å²) in [4.78, 5) is 11.9. The molecule has 0 radical (unpaired) electrons. The van der Waals surface area contributed by atoms with E-state index in [2.05, 4.69) is 55.6 Å². The van der Waals surface area contributed by atoms with Crippen molar-refractivity contribution >= 4 is 11.6 Å². The molecule has 0 spiro atoms. The first-order chi connectivity index (χ1) is 34.4. The fraction of sp³-hybridized carbons (Fsp3) is 0.688. The van der Waals surface area contributed by atoms with E-state index in [0.717, 1.165) is 49.9 Å². The summed E-state index contributed by atoms with van der Waals surface area (Å²) >= 11 is 0. The molecule has 6 rings (SSSR count). The van der Waals surface area contributed by atoms with Crippen LogP contribution in [0.25, 0.3) is 11.1 Å². The SMILES string of the molecule is COCCOCCOCCOCCOCCOCCOCCOCCCOc1nn(C2CCC(N3C[C@@H](C)O[C@@H](C)C3)CC2)cc1Nc1ncc(-c2ccc(C#N)c(O[C@@H](C)Cn3cnnn3)c2)cn1. The summed E-state index contributed by atoms with van der Waals surface area (Å²) < 4.78 is 65.9. The number of nitrogens with zero attached hydrogens (tertiary/aromatic N) is 10. The van der Waals surface area contributed by atoms with E-state index in [0.29, 0.717) is 154 Å². The molecule has 22 heteroatoms. The first-order valence-electron chi connectivity index (χ1n) is 24.5. The van der Waals surface area contributed by atoms with Crippen molar-refractivity contribution in [1.29, 1.82) is 5.26 Å². The third-order valence-electron chi connectivity index (χ3n) is 11.5. The number of rotatable bonds is 35. The summed E-state index contributed by atoms with van der Waals surface area (Å²) in [6.45, 7) is 16.6. The molecule has 1 aliphatic heterocycles. The van der Waals surface area contributed by atoms with Gasteiger partial charge in [0.2, 0.25) is 5.95 Å². The van der Waals surface area contributed by atoms with Gasteiger partial charge >= 0.3 is 0 Å². The van der Waals surface area contributed by atoms with Crippen molar-refractivity contribution in [2.24, 2.45) is 0 Å². The summed E-state index contributed by atoms with van der Waals surface area (Å²) in [6, 6.07) is 8.40. The van der Waals surface area contributed by atoms with Crippen molar-refractivity contribution in [3.8, 4) is 28.8 Å². The lowest BCUT2D eigenvalue weighted by Gasteiger charge is -2.42. The predicted octanol–water partition coefficient (Wildman–Crippen LogP) is 4.53. The van der Waals surface area contributed by atoms with Crippen LogP contribution in [0.4, 0.5) is 11.6 Å². The number of hydrogen-bond donors (Lipinski definition) is 1. The van der Waals surface area contributed by atoms with Crippen LogP contribution in [0.1, 0.15) is 64.5 Å². The zero-order valence-corrected chi connectivity index (χ0v) is 41.4. The van der Waals surface area contributed by atoms with Crippen LogP contribution in [0, 0.1) is 11.3 Å². The minimum Gasteiger partial charge on any atom is -0.487 e. The number of anilines is 2. The van der Waals surface area contributed by atoms with Crippen molar-refractivity contribution in [1.82, 2.24) is 44.9 Å². The summed E-state index contributed by atoms with van der Waals surface area (Å²) in [7, 11) is 1.65. The number of aromatic nitrogens is 8. The molecule has 1 saturated heterocycles. The van der Waals surface area contributed by atoms with Crippen molar-refractivity contribution in [3.63, 3.8) is 0 Å². The highest BCUT2D eigenvalue weighted by Crippen LogP contribution is 2.36. The molecular weight excluding hydrogens is 907 g/mol. The molecule has 0 bridgehead atoms. The lowest BCUT2D eigenvalue weighted by atomic mass is 9.89. The third kappa shape index (κ3) is 19.3. The molecule has 1 aliphatic carbocycles. The second kappa shape index (κ2) is 31.4. The quantitative estimate of drug-likeness (QED) is 0.0625. The van der Waals surface area contributed by atoms with Crippen LogP contribution in [-0.4, -0.2) is 195 Å². The predicted molar refractivity (Wildman–Crippen MR) is 256 cm³/mol. The lowest BCUT2D eigenvalue weighted by molar-refractivity contribution is -0.0852. The van der Waals surface area contributed by atoms with Crippen molar-refractivity contribution in [3.05, 3.63) is 48.7 Å². The third-order valence-corrected chi connectivity index (χ3v) is 11.5. The highest BCUT2D eigenvalue weighted by molar-refractivity contribution is 5.67. The van der Waals surface area contributed by atoms with Crippen LogP contribution in [0.5, 0.6) is 11.6 Å². The zero-order chi connectivity index (χ0) is 49.0. The van der Waals surface area contributed by atoms with Gasteiger partial charge < -0.3 is 57.4 Å². The monoisotopic (exact) mass is 980 g/mol. The molecular formula is C48H73N11O11. The van der Waals surface area contributed by atoms with Gasteiger partial charge in [0, 0.05) is 57.2 Å². The highest BCUT2D eigenvalue weighted by Gasteiger charge is 2.32. The standard InChI is InChI=1S/C48H73N11O11/c1-37-32-57(33-38(2)69-37)43-8-10-44(11-9-43)59-35-45(53-48-50-30-42(31-51-48)40-6-7-41(29-49)46(28-40)70-39(3)34-58-36-52-55-56-58)47(54-59)68-13-5-12-61-16-17-63-20-21-65-24-25-67-27-26-66-23-22-64-19-18-62-15-14-60-4/h6-7,28,30-31,35-39,43-44H,5,8-27,32-34H2,1-4H3,(H,50,51,53)/t37-,38+,39-,43?,44?/m0/s1. The first kappa shape index (κ1) is 54.4. The number of nitriles is 1. The second-order valence-electron chi connectivity index (χ2n) is 17.2. The Morgan fingerprint density at radius 1 is 0.743 bits per heavy atom. The van der Waals surface area contributed by atoms with Gasteiger partial charge in [0.25, 0.3) is 5.88 Å². The second-order valence-corrected chi connectivity index (χ2v) is 17.2. The summed E-state index contributed by atoms with van der Waals surface area (Å²) in [5.41, 5.74) is 2.66. The van der Waals surface area contributed by atoms with Crippen LogP contribution in [0.3, 0.4) is 0 Å². The molecule has 22 nitrogen and oxygen atoms in total. The molecule has 386 valence electrons. The zero-order valence-electron chi connectivity index (χ0n) is 41.4. The normalized spacial score (nSPS) is 19.0. The molecule has 2 fully saturated rings. The van der Waals surface area contributed by atoms with Gasteiger partial charge in [0.1, 0.15) is 29.9 Å². The van der Waals surface area contributed by atoms with E-state index in [9.17, 15) is 5.26 Å². The van der Waals surface area contributed by atoms with Crippen molar-refractivity contribution in [2.75, 3.05) is 131 Å². The molecule has 3 aromatic heterocycles. The number of morpholine rings is 1. The van der Waals surface area contributed by atoms with E-state index in [1.165, 1.54) is 6.33 Å². The molecule has 1 saturated carbocycles. The fourth-order valence-electron chi connectivity index (χ4n) is 8.19. The van der Waals surface area contributed by atoms with Gasteiger partial charge in [-0.05, 0) is 74.6 Å². The Morgan fingerprint density at radius 3 is 1.87 bits per heavy atom. The fourth-order valence-corrected chi connectivity index (χ4v) is 8.19. The van der Waals surface area contributed by atoms with E-state index in [4.69, 9.17) is 57.2 Å². The molecule has 0 unspecified atom stereocenters. The van der Waals surface area contributed by atoms with Crippen LogP contribution in [0.15, 0.2) is 43.1 Å². The molecule has 4 aromatic rings. The Labute approximate surface area is 411 Å². The lowest BCUT2D eigenvalue weighted by Crippen LogP contribution is -2.51. The van der Waals surface area contributed by atoms with Crippen molar-refractivity contribution in [2.45, 2.75) is 89.8 Å². The summed E-state index contributed by atoms with van der Waals surface area (Å²) in [5.74, 6) is 1.33. The average Bonchev–Trinajstić information content (AvgIpc) is 4.03. The number of methoxy groups -OCH3 is 1. The molecule has 70 heavy (non-hydrogen) atoms. The van der Waals surface area contributed by atoms with Gasteiger partial charge in [-0.15, -0.1) is 10.2 Å².